The van der Waals surface area contributed by atoms with Crippen LogP contribution < -0.4 is 5.32 Å². The lowest BCUT2D eigenvalue weighted by Gasteiger charge is -2.07. The standard InChI is InChI=1S/C16H13BrN2OS/c1-9-3-5-12(13(17)7-9)16(20)19-11-4-6-14-15(8-11)21-10(2)18-14/h3-8H,1-2H3,(H,19,20). The maximum Gasteiger partial charge on any atom is 0.256 e. The summed E-state index contributed by atoms with van der Waals surface area (Å²) in [5.41, 5.74) is 3.48. The highest BCUT2D eigenvalue weighted by atomic mass is 79.9. The topological polar surface area (TPSA) is 42.0 Å². The molecule has 3 aromatic rings. The number of hydrogen-bond acceptors (Lipinski definition) is 3. The summed E-state index contributed by atoms with van der Waals surface area (Å²) in [6.07, 6.45) is 0. The molecule has 0 bridgehead atoms. The van der Waals surface area contributed by atoms with Crippen LogP contribution in [0, 0.1) is 13.8 Å². The molecule has 5 heteroatoms. The lowest BCUT2D eigenvalue weighted by molar-refractivity contribution is 0.102. The van der Waals surface area contributed by atoms with Crippen LogP contribution in [0.15, 0.2) is 40.9 Å². The van der Waals surface area contributed by atoms with Gasteiger partial charge < -0.3 is 5.32 Å². The number of aromatic nitrogens is 1. The van der Waals surface area contributed by atoms with Gasteiger partial charge in [-0.05, 0) is 65.7 Å². The van der Waals surface area contributed by atoms with Gasteiger partial charge in [-0.25, -0.2) is 4.98 Å². The minimum atomic E-state index is -0.123. The van der Waals surface area contributed by atoms with Crippen molar-refractivity contribution < 1.29 is 4.79 Å². The molecule has 1 heterocycles. The van der Waals surface area contributed by atoms with Crippen molar-refractivity contribution in [2.75, 3.05) is 5.32 Å². The number of carbonyl (C=O) groups is 1. The van der Waals surface area contributed by atoms with Gasteiger partial charge in [-0.15, -0.1) is 11.3 Å². The van der Waals surface area contributed by atoms with Gasteiger partial charge in [0.15, 0.2) is 0 Å². The first kappa shape index (κ1) is 14.2. The van der Waals surface area contributed by atoms with Crippen LogP contribution in [0.4, 0.5) is 5.69 Å². The van der Waals surface area contributed by atoms with Crippen LogP contribution in [-0.2, 0) is 0 Å². The zero-order valence-electron chi connectivity index (χ0n) is 11.6. The van der Waals surface area contributed by atoms with E-state index in [0.29, 0.717) is 5.56 Å². The number of aryl methyl sites for hydroxylation is 2. The van der Waals surface area contributed by atoms with Crippen molar-refractivity contribution in [1.82, 2.24) is 4.98 Å². The Kier molecular flexibility index (Phi) is 3.78. The summed E-state index contributed by atoms with van der Waals surface area (Å²) >= 11 is 5.06. The highest BCUT2D eigenvalue weighted by Crippen LogP contribution is 2.26. The van der Waals surface area contributed by atoms with E-state index in [9.17, 15) is 4.79 Å². The summed E-state index contributed by atoms with van der Waals surface area (Å²) in [4.78, 5) is 16.7. The predicted molar refractivity (Wildman–Crippen MR) is 91.2 cm³/mol. The van der Waals surface area contributed by atoms with Gasteiger partial charge in [-0.3, -0.25) is 4.79 Å². The number of carbonyl (C=O) groups excluding carboxylic acids is 1. The van der Waals surface area contributed by atoms with E-state index in [1.165, 1.54) is 0 Å². The Morgan fingerprint density at radius 2 is 2.00 bits per heavy atom. The summed E-state index contributed by atoms with van der Waals surface area (Å²) < 4.78 is 1.88. The van der Waals surface area contributed by atoms with Crippen LogP contribution in [0.2, 0.25) is 0 Å². The normalized spacial score (nSPS) is 10.8. The first-order valence-corrected chi connectivity index (χ1v) is 8.08. The molecule has 0 radical (unpaired) electrons. The number of rotatable bonds is 2. The van der Waals surface area contributed by atoms with Gasteiger partial charge in [-0.2, -0.15) is 0 Å². The molecule has 0 saturated carbocycles. The van der Waals surface area contributed by atoms with E-state index in [-0.39, 0.29) is 5.91 Å². The fraction of sp³-hybridized carbons (Fsp3) is 0.125. The molecule has 0 fully saturated rings. The van der Waals surface area contributed by atoms with E-state index >= 15 is 0 Å². The van der Waals surface area contributed by atoms with E-state index in [1.807, 2.05) is 50.2 Å². The maximum absolute atomic E-state index is 12.3. The van der Waals surface area contributed by atoms with Gasteiger partial charge >= 0.3 is 0 Å². The second kappa shape index (κ2) is 5.58. The van der Waals surface area contributed by atoms with Gasteiger partial charge in [0, 0.05) is 10.2 Å². The highest BCUT2D eigenvalue weighted by molar-refractivity contribution is 9.10. The van der Waals surface area contributed by atoms with E-state index in [4.69, 9.17) is 0 Å². The van der Waals surface area contributed by atoms with E-state index < -0.39 is 0 Å². The molecule has 1 amide bonds. The van der Waals surface area contributed by atoms with Crippen LogP contribution in [0.3, 0.4) is 0 Å². The Labute approximate surface area is 135 Å². The molecule has 0 spiro atoms. The average Bonchev–Trinajstić information content (AvgIpc) is 2.77. The van der Waals surface area contributed by atoms with Gasteiger partial charge in [0.2, 0.25) is 0 Å². The smallest absolute Gasteiger partial charge is 0.256 e. The zero-order valence-corrected chi connectivity index (χ0v) is 14.0. The van der Waals surface area contributed by atoms with E-state index in [0.717, 1.165) is 30.9 Å². The second-order valence-corrected chi connectivity index (χ2v) is 6.94. The molecular weight excluding hydrogens is 348 g/mol. The quantitative estimate of drug-likeness (QED) is 0.703. The molecule has 1 N–H and O–H groups in total. The maximum atomic E-state index is 12.3. The predicted octanol–water partition coefficient (Wildman–Crippen LogP) is 4.93. The van der Waals surface area contributed by atoms with Gasteiger partial charge in [0.05, 0.1) is 20.8 Å². The van der Waals surface area contributed by atoms with E-state index in [2.05, 4.69) is 26.2 Å². The number of nitrogens with zero attached hydrogens (tertiary/aromatic N) is 1. The highest BCUT2D eigenvalue weighted by Gasteiger charge is 2.11. The number of benzene rings is 2. The third kappa shape index (κ3) is 2.99. The summed E-state index contributed by atoms with van der Waals surface area (Å²) in [7, 11) is 0. The van der Waals surface area contributed by atoms with Crippen molar-refractivity contribution >= 4 is 49.1 Å². The Balaban J connectivity index is 1.88. The third-order valence-corrected chi connectivity index (χ3v) is 4.71. The summed E-state index contributed by atoms with van der Waals surface area (Å²) in [6, 6.07) is 11.4. The SMILES string of the molecule is Cc1ccc(C(=O)Nc2ccc3nc(C)sc3c2)c(Br)c1. The monoisotopic (exact) mass is 360 g/mol. The average molecular weight is 361 g/mol. The molecule has 0 aliphatic rings. The lowest BCUT2D eigenvalue weighted by Crippen LogP contribution is -2.12. The Morgan fingerprint density at radius 3 is 2.76 bits per heavy atom. The van der Waals surface area contributed by atoms with Gasteiger partial charge in [0.25, 0.3) is 5.91 Å². The number of fused-ring (bicyclic) bond motifs is 1. The Hall–Kier alpha value is -1.72. The van der Waals surface area contributed by atoms with Crippen LogP contribution >= 0.6 is 27.3 Å². The molecule has 106 valence electrons. The molecule has 1 aromatic heterocycles. The van der Waals surface area contributed by atoms with E-state index in [1.54, 1.807) is 11.3 Å². The number of amides is 1. The van der Waals surface area contributed by atoms with Gasteiger partial charge in [0.1, 0.15) is 0 Å². The summed E-state index contributed by atoms with van der Waals surface area (Å²) in [6.45, 7) is 3.97. The molecule has 0 saturated heterocycles. The van der Waals surface area contributed by atoms with Crippen LogP contribution in [0.25, 0.3) is 10.2 Å². The number of halogens is 1. The van der Waals surface area contributed by atoms with Crippen molar-refractivity contribution in [3.63, 3.8) is 0 Å². The summed E-state index contributed by atoms with van der Waals surface area (Å²) in [5, 5.41) is 3.95. The van der Waals surface area contributed by atoms with Crippen molar-refractivity contribution in [2.45, 2.75) is 13.8 Å². The Morgan fingerprint density at radius 1 is 1.19 bits per heavy atom. The molecule has 0 aliphatic carbocycles. The van der Waals surface area contributed by atoms with Crippen molar-refractivity contribution in [1.29, 1.82) is 0 Å². The minimum absolute atomic E-state index is 0.123. The first-order chi connectivity index (χ1) is 10.0. The molecule has 0 unspecified atom stereocenters. The lowest BCUT2D eigenvalue weighted by atomic mass is 10.1. The van der Waals surface area contributed by atoms with Crippen molar-refractivity contribution in [3.8, 4) is 0 Å². The largest absolute Gasteiger partial charge is 0.322 e. The molecule has 3 nitrogen and oxygen atoms in total. The molecule has 21 heavy (non-hydrogen) atoms. The zero-order chi connectivity index (χ0) is 15.0. The third-order valence-electron chi connectivity index (χ3n) is 3.12. The van der Waals surface area contributed by atoms with Crippen LogP contribution in [-0.4, -0.2) is 10.9 Å². The second-order valence-electron chi connectivity index (χ2n) is 4.85. The van der Waals surface area contributed by atoms with Crippen LogP contribution in [0.1, 0.15) is 20.9 Å². The molecule has 0 atom stereocenters. The fourth-order valence-electron chi connectivity index (χ4n) is 2.12. The van der Waals surface area contributed by atoms with Crippen molar-refractivity contribution in [3.05, 3.63) is 57.0 Å². The molecule has 0 aliphatic heterocycles. The first-order valence-electron chi connectivity index (χ1n) is 6.47. The van der Waals surface area contributed by atoms with Crippen molar-refractivity contribution in [2.24, 2.45) is 0 Å². The molecule has 3 rings (SSSR count). The number of thiazole rings is 1. The fourth-order valence-corrected chi connectivity index (χ4v) is 3.66. The summed E-state index contributed by atoms with van der Waals surface area (Å²) in [5.74, 6) is -0.123. The number of nitrogens with one attached hydrogen (secondary N) is 1. The number of hydrogen-bond donors (Lipinski definition) is 1. The minimum Gasteiger partial charge on any atom is -0.322 e. The van der Waals surface area contributed by atoms with Gasteiger partial charge in [-0.1, -0.05) is 6.07 Å². The van der Waals surface area contributed by atoms with Crippen LogP contribution in [0.5, 0.6) is 0 Å². The number of anilines is 1. The molecule has 2 aromatic carbocycles. The molecular formula is C16H13BrN2OS. The Bertz CT molecular complexity index is 841.